The van der Waals surface area contributed by atoms with Gasteiger partial charge in [0.25, 0.3) is 5.91 Å². The SMILES string of the molecule is O=C(CCc1cccc(Cl)c1)Nc1ccccc1NC(=O)c1ccccc1. The van der Waals surface area contributed by atoms with Crippen molar-refractivity contribution < 1.29 is 9.59 Å². The number of anilines is 2. The minimum absolute atomic E-state index is 0.128. The van der Waals surface area contributed by atoms with Gasteiger partial charge in [0.15, 0.2) is 0 Å². The van der Waals surface area contributed by atoms with Crippen molar-refractivity contribution in [3.8, 4) is 0 Å². The standard InChI is InChI=1S/C22H19ClN2O2/c23-18-10-6-7-16(15-18)13-14-21(26)24-19-11-4-5-12-20(19)25-22(27)17-8-2-1-3-9-17/h1-12,15H,13-14H2,(H,24,26)(H,25,27). The number of rotatable bonds is 6. The number of benzene rings is 3. The maximum atomic E-state index is 12.4. The summed E-state index contributed by atoms with van der Waals surface area (Å²) < 4.78 is 0. The minimum atomic E-state index is -0.226. The van der Waals surface area contributed by atoms with Crippen molar-refractivity contribution in [2.75, 3.05) is 10.6 Å². The molecular weight excluding hydrogens is 360 g/mol. The van der Waals surface area contributed by atoms with Crippen LogP contribution in [0.2, 0.25) is 5.02 Å². The summed E-state index contributed by atoms with van der Waals surface area (Å²) in [6.07, 6.45) is 0.909. The first kappa shape index (κ1) is 18.7. The first-order chi connectivity index (χ1) is 13.1. The van der Waals surface area contributed by atoms with Crippen LogP contribution in [0.1, 0.15) is 22.3 Å². The molecule has 3 aromatic rings. The maximum absolute atomic E-state index is 12.4. The number of aryl methyl sites for hydroxylation is 1. The van der Waals surface area contributed by atoms with E-state index in [9.17, 15) is 9.59 Å². The van der Waals surface area contributed by atoms with Gasteiger partial charge in [0.1, 0.15) is 0 Å². The lowest BCUT2D eigenvalue weighted by molar-refractivity contribution is -0.116. The Morgan fingerprint density at radius 3 is 2.15 bits per heavy atom. The fourth-order valence-corrected chi connectivity index (χ4v) is 2.86. The van der Waals surface area contributed by atoms with Gasteiger partial charge in [-0.15, -0.1) is 0 Å². The summed E-state index contributed by atoms with van der Waals surface area (Å²) in [7, 11) is 0. The number of carbonyl (C=O) groups excluding carboxylic acids is 2. The van der Waals surface area contributed by atoms with Crippen molar-refractivity contribution in [3.05, 3.63) is 95.0 Å². The summed E-state index contributed by atoms with van der Waals surface area (Å²) in [6, 6.07) is 23.5. The van der Waals surface area contributed by atoms with Crippen LogP contribution in [0, 0.1) is 0 Å². The van der Waals surface area contributed by atoms with Crippen LogP contribution in [0.25, 0.3) is 0 Å². The highest BCUT2D eigenvalue weighted by atomic mass is 35.5. The molecule has 0 aliphatic heterocycles. The van der Waals surface area contributed by atoms with Crippen LogP contribution in [0.5, 0.6) is 0 Å². The molecule has 0 aliphatic rings. The molecular formula is C22H19ClN2O2. The second-order valence-corrected chi connectivity index (χ2v) is 6.48. The van der Waals surface area contributed by atoms with Crippen molar-refractivity contribution >= 4 is 34.8 Å². The molecule has 3 rings (SSSR count). The van der Waals surface area contributed by atoms with Crippen LogP contribution in [0.4, 0.5) is 11.4 Å². The summed E-state index contributed by atoms with van der Waals surface area (Å²) in [5.74, 6) is -0.354. The zero-order valence-corrected chi connectivity index (χ0v) is 15.4. The molecule has 0 unspecified atom stereocenters. The molecule has 0 saturated heterocycles. The van der Waals surface area contributed by atoms with E-state index >= 15 is 0 Å². The number of amides is 2. The molecule has 0 aromatic heterocycles. The highest BCUT2D eigenvalue weighted by Crippen LogP contribution is 2.22. The average molecular weight is 379 g/mol. The molecule has 0 saturated carbocycles. The minimum Gasteiger partial charge on any atom is -0.324 e. The van der Waals surface area contributed by atoms with Crippen LogP contribution in [-0.2, 0) is 11.2 Å². The fraction of sp³-hybridized carbons (Fsp3) is 0.0909. The van der Waals surface area contributed by atoms with Crippen molar-refractivity contribution in [2.45, 2.75) is 12.8 Å². The van der Waals surface area contributed by atoms with Gasteiger partial charge >= 0.3 is 0 Å². The average Bonchev–Trinajstić information content (AvgIpc) is 2.69. The molecule has 0 radical (unpaired) electrons. The molecule has 5 heteroatoms. The summed E-state index contributed by atoms with van der Waals surface area (Å²) in [4.78, 5) is 24.7. The van der Waals surface area contributed by atoms with Gasteiger partial charge in [-0.25, -0.2) is 0 Å². The molecule has 27 heavy (non-hydrogen) atoms. The summed E-state index contributed by atoms with van der Waals surface area (Å²) in [5, 5.41) is 6.36. The number of carbonyl (C=O) groups is 2. The molecule has 0 spiro atoms. The normalized spacial score (nSPS) is 10.3. The first-order valence-electron chi connectivity index (χ1n) is 8.61. The van der Waals surface area contributed by atoms with E-state index in [2.05, 4.69) is 10.6 Å². The first-order valence-corrected chi connectivity index (χ1v) is 8.99. The van der Waals surface area contributed by atoms with Crippen LogP contribution in [0.15, 0.2) is 78.9 Å². The fourth-order valence-electron chi connectivity index (χ4n) is 2.65. The predicted octanol–water partition coefficient (Wildman–Crippen LogP) is 5.16. The predicted molar refractivity (Wildman–Crippen MR) is 109 cm³/mol. The largest absolute Gasteiger partial charge is 0.324 e. The highest BCUT2D eigenvalue weighted by molar-refractivity contribution is 6.30. The zero-order valence-electron chi connectivity index (χ0n) is 14.6. The number of nitrogens with one attached hydrogen (secondary N) is 2. The topological polar surface area (TPSA) is 58.2 Å². The van der Waals surface area contributed by atoms with E-state index in [0.717, 1.165) is 5.56 Å². The molecule has 3 aromatic carbocycles. The zero-order chi connectivity index (χ0) is 19.1. The van der Waals surface area contributed by atoms with E-state index < -0.39 is 0 Å². The van der Waals surface area contributed by atoms with Gasteiger partial charge in [-0.2, -0.15) is 0 Å². The Hall–Kier alpha value is -3.11. The number of hydrogen-bond acceptors (Lipinski definition) is 2. The van der Waals surface area contributed by atoms with Crippen molar-refractivity contribution in [3.63, 3.8) is 0 Å². The van der Waals surface area contributed by atoms with Crippen molar-refractivity contribution in [1.82, 2.24) is 0 Å². The second kappa shape index (κ2) is 9.01. The van der Waals surface area contributed by atoms with Gasteiger partial charge in [0.2, 0.25) is 5.91 Å². The van der Waals surface area contributed by atoms with E-state index in [0.29, 0.717) is 34.8 Å². The van der Waals surface area contributed by atoms with E-state index in [1.165, 1.54) is 0 Å². The van der Waals surface area contributed by atoms with E-state index in [4.69, 9.17) is 11.6 Å². The number of halogens is 1. The van der Waals surface area contributed by atoms with E-state index in [1.54, 1.807) is 42.5 Å². The van der Waals surface area contributed by atoms with Gasteiger partial charge in [-0.05, 0) is 48.4 Å². The lowest BCUT2D eigenvalue weighted by atomic mass is 10.1. The van der Waals surface area contributed by atoms with E-state index in [-0.39, 0.29) is 11.8 Å². The van der Waals surface area contributed by atoms with Crippen LogP contribution in [-0.4, -0.2) is 11.8 Å². The Morgan fingerprint density at radius 2 is 1.44 bits per heavy atom. The van der Waals surface area contributed by atoms with Crippen LogP contribution >= 0.6 is 11.6 Å². The smallest absolute Gasteiger partial charge is 0.255 e. The molecule has 0 heterocycles. The molecule has 136 valence electrons. The number of para-hydroxylation sites is 2. The van der Waals surface area contributed by atoms with Gasteiger partial charge < -0.3 is 10.6 Å². The second-order valence-electron chi connectivity index (χ2n) is 6.04. The van der Waals surface area contributed by atoms with Gasteiger partial charge in [-0.3, -0.25) is 9.59 Å². The third-order valence-corrected chi connectivity index (χ3v) is 4.25. The Bertz CT molecular complexity index is 942. The van der Waals surface area contributed by atoms with Crippen molar-refractivity contribution in [1.29, 1.82) is 0 Å². The van der Waals surface area contributed by atoms with Crippen molar-refractivity contribution in [2.24, 2.45) is 0 Å². The maximum Gasteiger partial charge on any atom is 0.255 e. The van der Waals surface area contributed by atoms with Crippen LogP contribution in [0.3, 0.4) is 0 Å². The molecule has 2 amide bonds. The monoisotopic (exact) mass is 378 g/mol. The Morgan fingerprint density at radius 1 is 0.778 bits per heavy atom. The molecule has 4 nitrogen and oxygen atoms in total. The Labute approximate surface area is 163 Å². The van der Waals surface area contributed by atoms with Gasteiger partial charge in [0, 0.05) is 17.0 Å². The summed E-state index contributed by atoms with van der Waals surface area (Å²) in [5.41, 5.74) is 2.68. The molecule has 0 bridgehead atoms. The molecule has 0 aliphatic carbocycles. The quantitative estimate of drug-likeness (QED) is 0.622. The third kappa shape index (κ3) is 5.43. The van der Waals surface area contributed by atoms with Gasteiger partial charge in [0.05, 0.1) is 11.4 Å². The molecule has 2 N–H and O–H groups in total. The lowest BCUT2D eigenvalue weighted by Gasteiger charge is -2.12. The highest BCUT2D eigenvalue weighted by Gasteiger charge is 2.11. The summed E-state index contributed by atoms with van der Waals surface area (Å²) in [6.45, 7) is 0. The summed E-state index contributed by atoms with van der Waals surface area (Å²) >= 11 is 5.97. The van der Waals surface area contributed by atoms with Gasteiger partial charge in [-0.1, -0.05) is 54.1 Å². The third-order valence-electron chi connectivity index (χ3n) is 4.02. The number of hydrogen-bond donors (Lipinski definition) is 2. The molecule has 0 atom stereocenters. The molecule has 0 fully saturated rings. The van der Waals surface area contributed by atoms with E-state index in [1.807, 2.05) is 36.4 Å². The van der Waals surface area contributed by atoms with Crippen LogP contribution < -0.4 is 10.6 Å². The Kier molecular flexibility index (Phi) is 6.23. The Balaban J connectivity index is 1.63. The lowest BCUT2D eigenvalue weighted by Crippen LogP contribution is -2.17.